The molecule has 184 valence electrons. The molecule has 1 fully saturated rings. The molecule has 4 aromatic rings. The zero-order valence-corrected chi connectivity index (χ0v) is 21.9. The zero-order valence-electron chi connectivity index (χ0n) is 19.5. The zero-order chi connectivity index (χ0) is 25.8. The molecule has 0 atom stereocenters. The first-order valence-electron chi connectivity index (χ1n) is 11.5. The number of para-hydroxylation sites is 1. The number of halogens is 1. The molecule has 1 heterocycles. The molecular formula is C29H21BrN2O4S. The fraction of sp³-hybridized carbons (Fsp3) is 0.0690. The van der Waals surface area contributed by atoms with Crippen LogP contribution in [0.1, 0.15) is 11.1 Å². The first-order chi connectivity index (χ1) is 18.0. The molecule has 6 nitrogen and oxygen atoms in total. The summed E-state index contributed by atoms with van der Waals surface area (Å²) in [5.74, 6) is -0.108. The summed E-state index contributed by atoms with van der Waals surface area (Å²) in [6, 6.07) is 28.2. The molecule has 0 aromatic heterocycles. The lowest BCUT2D eigenvalue weighted by Crippen LogP contribution is -2.27. The van der Waals surface area contributed by atoms with Crippen LogP contribution in [0.2, 0.25) is 0 Å². The Morgan fingerprint density at radius 1 is 0.946 bits per heavy atom. The van der Waals surface area contributed by atoms with E-state index in [1.54, 1.807) is 36.4 Å². The summed E-state index contributed by atoms with van der Waals surface area (Å²) < 4.78 is 6.27. The van der Waals surface area contributed by atoms with Gasteiger partial charge in [-0.05, 0) is 79.9 Å². The van der Waals surface area contributed by atoms with E-state index in [0.717, 1.165) is 33.7 Å². The van der Waals surface area contributed by atoms with Gasteiger partial charge in [0.2, 0.25) is 0 Å². The van der Waals surface area contributed by atoms with Gasteiger partial charge in [-0.25, -0.2) is 0 Å². The van der Waals surface area contributed by atoms with Crippen LogP contribution in [0.4, 0.5) is 10.5 Å². The van der Waals surface area contributed by atoms with Crippen molar-refractivity contribution in [2.75, 3.05) is 11.9 Å². The number of rotatable bonds is 7. The van der Waals surface area contributed by atoms with E-state index in [1.165, 1.54) is 4.90 Å². The third-order valence-electron chi connectivity index (χ3n) is 5.75. The smallest absolute Gasteiger partial charge is 0.293 e. The maximum atomic E-state index is 13.1. The summed E-state index contributed by atoms with van der Waals surface area (Å²) in [6.45, 7) is 0.0603. The number of imide groups is 1. The Labute approximate surface area is 226 Å². The van der Waals surface area contributed by atoms with Gasteiger partial charge in [-0.3, -0.25) is 19.3 Å². The van der Waals surface area contributed by atoms with Crippen molar-refractivity contribution in [1.29, 1.82) is 0 Å². The lowest BCUT2D eigenvalue weighted by molar-refractivity contribution is -0.123. The van der Waals surface area contributed by atoms with Crippen LogP contribution >= 0.6 is 27.7 Å². The van der Waals surface area contributed by atoms with Crippen LogP contribution in [0.3, 0.4) is 0 Å². The van der Waals surface area contributed by atoms with Gasteiger partial charge in [0.05, 0.1) is 15.9 Å². The third-order valence-corrected chi connectivity index (χ3v) is 7.28. The van der Waals surface area contributed by atoms with Gasteiger partial charge in [0.25, 0.3) is 17.1 Å². The van der Waals surface area contributed by atoms with Gasteiger partial charge in [-0.15, -0.1) is 0 Å². The van der Waals surface area contributed by atoms with Crippen molar-refractivity contribution in [2.24, 2.45) is 0 Å². The quantitative estimate of drug-likeness (QED) is 0.245. The highest BCUT2D eigenvalue weighted by atomic mass is 79.9. The highest BCUT2D eigenvalue weighted by molar-refractivity contribution is 9.10. The van der Waals surface area contributed by atoms with Gasteiger partial charge < -0.3 is 10.1 Å². The lowest BCUT2D eigenvalue weighted by atomic mass is 10.0. The number of carbonyl (C=O) groups excluding carboxylic acids is 3. The number of amides is 3. The number of carbonyl (C=O) groups is 3. The van der Waals surface area contributed by atoms with Crippen LogP contribution in [0.25, 0.3) is 16.8 Å². The van der Waals surface area contributed by atoms with Crippen LogP contribution < -0.4 is 10.1 Å². The van der Waals surface area contributed by atoms with E-state index >= 15 is 0 Å². The number of hydrogen-bond acceptors (Lipinski definition) is 5. The standard InChI is InChI=1S/C29H21BrN2O4S/c30-24-15-19(13-14-25(24)36-18-27(33)31-22-10-2-1-3-11-22)16-26-28(34)32(29(35)37-26)17-21-9-6-8-20-7-4-5-12-23(20)21/h1-16H,17-18H2,(H,31,33)/b26-16+. The molecule has 1 aliphatic rings. The number of nitrogens with one attached hydrogen (secondary N) is 1. The van der Waals surface area contributed by atoms with Gasteiger partial charge in [-0.2, -0.15) is 0 Å². The van der Waals surface area contributed by atoms with Crippen molar-refractivity contribution in [3.8, 4) is 5.75 Å². The predicted molar refractivity (Wildman–Crippen MR) is 150 cm³/mol. The molecule has 3 amide bonds. The van der Waals surface area contributed by atoms with Gasteiger partial charge in [0.1, 0.15) is 5.75 Å². The second-order valence-corrected chi connectivity index (χ2v) is 10.1. The van der Waals surface area contributed by atoms with Crippen molar-refractivity contribution >= 4 is 67.3 Å². The Morgan fingerprint density at radius 2 is 1.70 bits per heavy atom. The van der Waals surface area contributed by atoms with Gasteiger partial charge in [0.15, 0.2) is 6.61 Å². The Morgan fingerprint density at radius 3 is 2.51 bits per heavy atom. The minimum atomic E-state index is -0.322. The Kier molecular flexibility index (Phi) is 7.39. The fourth-order valence-corrected chi connectivity index (χ4v) is 5.32. The van der Waals surface area contributed by atoms with Crippen LogP contribution in [0, 0.1) is 0 Å². The Hall–Kier alpha value is -3.88. The molecule has 5 rings (SSSR count). The normalized spacial score (nSPS) is 14.4. The fourth-order valence-electron chi connectivity index (χ4n) is 3.97. The molecule has 0 saturated carbocycles. The maximum Gasteiger partial charge on any atom is 0.293 e. The number of anilines is 1. The van der Waals surface area contributed by atoms with Crippen LogP contribution in [0.5, 0.6) is 5.75 Å². The molecule has 0 radical (unpaired) electrons. The van der Waals surface area contributed by atoms with Crippen LogP contribution in [-0.4, -0.2) is 28.6 Å². The molecule has 1 N–H and O–H groups in total. The topological polar surface area (TPSA) is 75.7 Å². The van der Waals surface area contributed by atoms with E-state index in [1.807, 2.05) is 60.7 Å². The van der Waals surface area contributed by atoms with Gasteiger partial charge in [-0.1, -0.05) is 66.7 Å². The Balaban J connectivity index is 1.25. The van der Waals surface area contributed by atoms with Crippen molar-refractivity contribution in [2.45, 2.75) is 6.54 Å². The van der Waals surface area contributed by atoms with E-state index in [9.17, 15) is 14.4 Å². The van der Waals surface area contributed by atoms with E-state index < -0.39 is 0 Å². The van der Waals surface area contributed by atoms with E-state index in [2.05, 4.69) is 21.2 Å². The third kappa shape index (κ3) is 5.76. The molecule has 0 bridgehead atoms. The first-order valence-corrected chi connectivity index (χ1v) is 13.1. The number of nitrogens with zero attached hydrogens (tertiary/aromatic N) is 1. The summed E-state index contributed by atoms with van der Waals surface area (Å²) in [4.78, 5) is 39.5. The van der Waals surface area contributed by atoms with Crippen molar-refractivity contribution < 1.29 is 19.1 Å². The highest BCUT2D eigenvalue weighted by Crippen LogP contribution is 2.35. The number of hydrogen-bond donors (Lipinski definition) is 1. The highest BCUT2D eigenvalue weighted by Gasteiger charge is 2.35. The molecule has 0 unspecified atom stereocenters. The maximum absolute atomic E-state index is 13.1. The largest absolute Gasteiger partial charge is 0.483 e. The molecular weight excluding hydrogens is 552 g/mol. The number of fused-ring (bicyclic) bond motifs is 1. The predicted octanol–water partition coefficient (Wildman–Crippen LogP) is 6.86. The minimum absolute atomic E-state index is 0.153. The van der Waals surface area contributed by atoms with Gasteiger partial charge >= 0.3 is 0 Å². The number of thioether (sulfide) groups is 1. The molecule has 4 aromatic carbocycles. The van der Waals surface area contributed by atoms with E-state index in [0.29, 0.717) is 20.8 Å². The van der Waals surface area contributed by atoms with Crippen molar-refractivity contribution in [1.82, 2.24) is 4.90 Å². The molecule has 1 saturated heterocycles. The summed E-state index contributed by atoms with van der Waals surface area (Å²) in [5.41, 5.74) is 2.34. The lowest BCUT2D eigenvalue weighted by Gasteiger charge is -2.14. The molecule has 0 aliphatic carbocycles. The number of ether oxygens (including phenoxy) is 1. The number of benzene rings is 4. The average molecular weight is 573 g/mol. The molecule has 0 spiro atoms. The minimum Gasteiger partial charge on any atom is -0.483 e. The second kappa shape index (κ2) is 11.0. The Bertz CT molecular complexity index is 1530. The first kappa shape index (κ1) is 24.8. The van der Waals surface area contributed by atoms with Crippen LogP contribution in [0.15, 0.2) is 100 Å². The molecule has 37 heavy (non-hydrogen) atoms. The van der Waals surface area contributed by atoms with Crippen molar-refractivity contribution in [3.05, 3.63) is 112 Å². The monoisotopic (exact) mass is 572 g/mol. The van der Waals surface area contributed by atoms with E-state index in [4.69, 9.17) is 4.74 Å². The second-order valence-electron chi connectivity index (χ2n) is 8.30. The van der Waals surface area contributed by atoms with Crippen LogP contribution in [-0.2, 0) is 16.1 Å². The summed E-state index contributed by atoms with van der Waals surface area (Å²) >= 11 is 4.39. The molecule has 1 aliphatic heterocycles. The summed E-state index contributed by atoms with van der Waals surface area (Å²) in [6.07, 6.45) is 1.69. The summed E-state index contributed by atoms with van der Waals surface area (Å²) in [5, 5.41) is 4.55. The van der Waals surface area contributed by atoms with Crippen molar-refractivity contribution in [3.63, 3.8) is 0 Å². The van der Waals surface area contributed by atoms with E-state index in [-0.39, 0.29) is 30.2 Å². The average Bonchev–Trinajstić information content (AvgIpc) is 3.16. The SMILES string of the molecule is O=C(COc1ccc(/C=C2/SC(=O)N(Cc3cccc4ccccc34)C2=O)cc1Br)Nc1ccccc1. The molecule has 8 heteroatoms. The van der Waals surface area contributed by atoms with Gasteiger partial charge in [0, 0.05) is 5.69 Å². The summed E-state index contributed by atoms with van der Waals surface area (Å²) in [7, 11) is 0.